The molecule has 0 spiro atoms. The molecule has 0 saturated heterocycles. The van der Waals surface area contributed by atoms with Crippen molar-refractivity contribution >= 4 is 17.1 Å². The highest BCUT2D eigenvalue weighted by Crippen LogP contribution is 2.09. The van der Waals surface area contributed by atoms with E-state index in [1.807, 2.05) is 0 Å². The highest BCUT2D eigenvalue weighted by atomic mass is 16.4. The summed E-state index contributed by atoms with van der Waals surface area (Å²) in [7, 11) is 1.60. The van der Waals surface area contributed by atoms with Gasteiger partial charge in [0, 0.05) is 7.05 Å². The van der Waals surface area contributed by atoms with Gasteiger partial charge in [-0.05, 0) is 0 Å². The van der Waals surface area contributed by atoms with Crippen molar-refractivity contribution < 1.29 is 9.90 Å². The normalized spacial score (nSPS) is 10.5. The van der Waals surface area contributed by atoms with Crippen LogP contribution in [0.4, 0.5) is 0 Å². The topological polar surface area (TPSA) is 80.9 Å². The fraction of sp³-hybridized carbons (Fsp3) is 0.143. The molecule has 2 rings (SSSR count). The summed E-state index contributed by atoms with van der Waals surface area (Å²) in [5.74, 6) is -1.10. The first kappa shape index (κ1) is 7.66. The number of fused-ring (bicyclic) bond motifs is 1. The molecule has 13 heavy (non-hydrogen) atoms. The van der Waals surface area contributed by atoms with Gasteiger partial charge in [0.05, 0.1) is 6.20 Å². The third-order valence-corrected chi connectivity index (χ3v) is 1.73. The Hall–Kier alpha value is -1.98. The molecule has 0 aliphatic rings. The summed E-state index contributed by atoms with van der Waals surface area (Å²) in [6.45, 7) is 0. The molecular formula is C7H6N4O2. The number of hydrogen-bond acceptors (Lipinski definition) is 4. The number of aromatic nitrogens is 4. The molecule has 2 aromatic rings. The van der Waals surface area contributed by atoms with Gasteiger partial charge in [-0.3, -0.25) is 0 Å². The quantitative estimate of drug-likeness (QED) is 0.667. The van der Waals surface area contributed by atoms with Crippen molar-refractivity contribution in [2.75, 3.05) is 0 Å². The van der Waals surface area contributed by atoms with Crippen LogP contribution < -0.4 is 0 Å². The van der Waals surface area contributed by atoms with Crippen LogP contribution in [0.1, 0.15) is 10.6 Å². The third kappa shape index (κ3) is 1.03. The lowest BCUT2D eigenvalue weighted by Crippen LogP contribution is -2.05. The van der Waals surface area contributed by atoms with E-state index in [9.17, 15) is 4.79 Å². The van der Waals surface area contributed by atoms with E-state index in [0.717, 1.165) is 0 Å². The summed E-state index contributed by atoms with van der Waals surface area (Å²) in [5, 5.41) is 8.74. The van der Waals surface area contributed by atoms with Crippen LogP contribution in [0.5, 0.6) is 0 Å². The second kappa shape index (κ2) is 2.51. The molecule has 1 N–H and O–H groups in total. The van der Waals surface area contributed by atoms with Gasteiger partial charge in [-0.25, -0.2) is 19.7 Å². The maximum absolute atomic E-state index is 10.7. The minimum atomic E-state index is -1.07. The Balaban J connectivity index is 2.81. The molecule has 0 aromatic carbocycles. The van der Waals surface area contributed by atoms with E-state index in [2.05, 4.69) is 15.0 Å². The smallest absolute Gasteiger partial charge is 0.372 e. The largest absolute Gasteiger partial charge is 0.475 e. The van der Waals surface area contributed by atoms with Crippen LogP contribution in [0, 0.1) is 0 Å². The first-order valence-corrected chi connectivity index (χ1v) is 3.56. The van der Waals surface area contributed by atoms with E-state index in [4.69, 9.17) is 5.11 Å². The summed E-state index contributed by atoms with van der Waals surface area (Å²) in [4.78, 5) is 22.2. The standard InChI is InChI=1S/C7H6N4O2/c1-11-5-4(2-8-3-9-5)10-6(11)7(12)13/h2-3H,1H3,(H,12,13). The van der Waals surface area contributed by atoms with E-state index in [1.165, 1.54) is 17.1 Å². The van der Waals surface area contributed by atoms with Crippen LogP contribution in [-0.4, -0.2) is 30.6 Å². The van der Waals surface area contributed by atoms with E-state index in [1.54, 1.807) is 7.05 Å². The number of carbonyl (C=O) groups is 1. The van der Waals surface area contributed by atoms with Crippen molar-refractivity contribution in [1.29, 1.82) is 0 Å². The zero-order valence-corrected chi connectivity index (χ0v) is 6.80. The number of hydrogen-bond donors (Lipinski definition) is 1. The van der Waals surface area contributed by atoms with Gasteiger partial charge in [0.15, 0.2) is 5.65 Å². The summed E-state index contributed by atoms with van der Waals surface area (Å²) in [6.07, 6.45) is 2.84. The van der Waals surface area contributed by atoms with Crippen LogP contribution in [0.25, 0.3) is 11.2 Å². The number of imidazole rings is 1. The Morgan fingerprint density at radius 1 is 1.62 bits per heavy atom. The molecule has 6 nitrogen and oxygen atoms in total. The fourth-order valence-corrected chi connectivity index (χ4v) is 1.13. The molecule has 6 heteroatoms. The second-order valence-electron chi connectivity index (χ2n) is 2.53. The van der Waals surface area contributed by atoms with Crippen LogP contribution in [0.2, 0.25) is 0 Å². The zero-order chi connectivity index (χ0) is 9.42. The van der Waals surface area contributed by atoms with Gasteiger partial charge >= 0.3 is 5.97 Å². The van der Waals surface area contributed by atoms with Gasteiger partial charge in [-0.2, -0.15) is 0 Å². The molecule has 66 valence electrons. The van der Waals surface area contributed by atoms with Gasteiger partial charge in [0.1, 0.15) is 11.8 Å². The number of nitrogens with zero attached hydrogens (tertiary/aromatic N) is 4. The summed E-state index contributed by atoms with van der Waals surface area (Å²) >= 11 is 0. The molecule has 0 bridgehead atoms. The highest BCUT2D eigenvalue weighted by molar-refractivity contribution is 5.88. The predicted molar refractivity (Wildman–Crippen MR) is 43.3 cm³/mol. The SMILES string of the molecule is Cn1c(C(=O)O)nc2cncnc21. The molecule has 0 atom stereocenters. The average Bonchev–Trinajstić information content (AvgIpc) is 2.45. The van der Waals surface area contributed by atoms with E-state index in [-0.39, 0.29) is 5.82 Å². The molecule has 0 aliphatic heterocycles. The van der Waals surface area contributed by atoms with Crippen molar-refractivity contribution in [1.82, 2.24) is 19.5 Å². The Bertz CT molecular complexity index is 476. The molecule has 2 aromatic heterocycles. The van der Waals surface area contributed by atoms with Crippen molar-refractivity contribution in [3.05, 3.63) is 18.3 Å². The minimum absolute atomic E-state index is 0.0319. The number of carboxylic acids is 1. The number of aryl methyl sites for hydroxylation is 1. The second-order valence-corrected chi connectivity index (χ2v) is 2.53. The Morgan fingerprint density at radius 3 is 3.00 bits per heavy atom. The van der Waals surface area contributed by atoms with Gasteiger partial charge in [-0.1, -0.05) is 0 Å². The molecule has 0 amide bonds. The van der Waals surface area contributed by atoms with Crippen LogP contribution >= 0.6 is 0 Å². The van der Waals surface area contributed by atoms with Gasteiger partial charge in [-0.15, -0.1) is 0 Å². The summed E-state index contributed by atoms with van der Waals surface area (Å²) in [6, 6.07) is 0. The third-order valence-electron chi connectivity index (χ3n) is 1.73. The van der Waals surface area contributed by atoms with Crippen molar-refractivity contribution in [2.24, 2.45) is 7.05 Å². The summed E-state index contributed by atoms with van der Waals surface area (Å²) in [5.41, 5.74) is 1.01. The van der Waals surface area contributed by atoms with Crippen molar-refractivity contribution in [3.63, 3.8) is 0 Å². The number of aromatic carboxylic acids is 1. The molecule has 2 heterocycles. The van der Waals surface area contributed by atoms with Crippen LogP contribution in [0.15, 0.2) is 12.5 Å². The maximum Gasteiger partial charge on any atom is 0.372 e. The first-order chi connectivity index (χ1) is 6.20. The van der Waals surface area contributed by atoms with E-state index < -0.39 is 5.97 Å². The Morgan fingerprint density at radius 2 is 2.38 bits per heavy atom. The number of rotatable bonds is 1. The zero-order valence-electron chi connectivity index (χ0n) is 6.80. The Labute approximate surface area is 72.9 Å². The molecular weight excluding hydrogens is 172 g/mol. The van der Waals surface area contributed by atoms with Crippen molar-refractivity contribution in [2.45, 2.75) is 0 Å². The molecule has 0 fully saturated rings. The molecule has 0 aliphatic carbocycles. The molecule has 0 unspecified atom stereocenters. The van der Waals surface area contributed by atoms with E-state index in [0.29, 0.717) is 11.2 Å². The van der Waals surface area contributed by atoms with Gasteiger partial charge in [0.25, 0.3) is 0 Å². The first-order valence-electron chi connectivity index (χ1n) is 3.56. The minimum Gasteiger partial charge on any atom is -0.475 e. The highest BCUT2D eigenvalue weighted by Gasteiger charge is 2.13. The maximum atomic E-state index is 10.7. The molecule has 0 saturated carbocycles. The predicted octanol–water partition coefficient (Wildman–Crippen LogP) is 0.0615. The van der Waals surface area contributed by atoms with E-state index >= 15 is 0 Å². The lowest BCUT2D eigenvalue weighted by Gasteiger charge is -1.93. The van der Waals surface area contributed by atoms with Crippen molar-refractivity contribution in [3.8, 4) is 0 Å². The molecule has 0 radical (unpaired) electrons. The lowest BCUT2D eigenvalue weighted by molar-refractivity contribution is 0.0680. The van der Waals surface area contributed by atoms with Gasteiger partial charge in [0.2, 0.25) is 5.82 Å². The lowest BCUT2D eigenvalue weighted by atomic mass is 10.6. The number of carboxylic acid groups (broad SMARTS) is 1. The summed E-state index contributed by atoms with van der Waals surface area (Å²) < 4.78 is 1.42. The Kier molecular flexibility index (Phi) is 1.48. The van der Waals surface area contributed by atoms with Crippen LogP contribution in [0.3, 0.4) is 0 Å². The van der Waals surface area contributed by atoms with Gasteiger partial charge < -0.3 is 9.67 Å². The van der Waals surface area contributed by atoms with Crippen LogP contribution in [-0.2, 0) is 7.05 Å². The average molecular weight is 178 g/mol. The fourth-order valence-electron chi connectivity index (χ4n) is 1.13. The monoisotopic (exact) mass is 178 g/mol.